The van der Waals surface area contributed by atoms with Gasteiger partial charge >= 0.3 is 5.97 Å². The normalized spacial score (nSPS) is 14.1. The van der Waals surface area contributed by atoms with Crippen molar-refractivity contribution in [2.24, 2.45) is 0 Å². The molecule has 4 nitrogen and oxygen atoms in total. The summed E-state index contributed by atoms with van der Waals surface area (Å²) in [5.41, 5.74) is 0.750. The molecule has 16 heavy (non-hydrogen) atoms. The molecule has 0 aromatic heterocycles. The van der Waals surface area contributed by atoms with Crippen LogP contribution in [-0.2, 0) is 9.53 Å². The summed E-state index contributed by atoms with van der Waals surface area (Å²) in [5, 5.41) is 9.92. The van der Waals surface area contributed by atoms with Gasteiger partial charge in [-0.3, -0.25) is 0 Å². The van der Waals surface area contributed by atoms with Gasteiger partial charge in [0.1, 0.15) is 0 Å². The molecule has 5 heteroatoms. The molecule has 0 saturated carbocycles. The number of hydrogen-bond donors (Lipinski definition) is 2. The average molecular weight is 237 g/mol. The highest BCUT2D eigenvalue weighted by atomic mass is 32.2. The molecule has 0 saturated heterocycles. The summed E-state index contributed by atoms with van der Waals surface area (Å²) >= 11 is 1.29. The molecule has 2 rings (SSSR count). The Kier molecular flexibility index (Phi) is 3.05. The summed E-state index contributed by atoms with van der Waals surface area (Å²) in [6.45, 7) is 2.00. The molecule has 0 atom stereocenters. The molecule has 1 aliphatic rings. The standard InChI is InChI=1S/C11H11NO3S/c1-2-15-11(14)9-10(13)7-5-3-4-6-8(7)16-12-9/h3-6,12-13H,2H2,1H3. The zero-order valence-electron chi connectivity index (χ0n) is 8.69. The van der Waals surface area contributed by atoms with E-state index in [1.54, 1.807) is 13.0 Å². The van der Waals surface area contributed by atoms with Gasteiger partial charge in [0.15, 0.2) is 11.5 Å². The van der Waals surface area contributed by atoms with Crippen molar-refractivity contribution in [1.29, 1.82) is 0 Å². The fourth-order valence-corrected chi connectivity index (χ4v) is 2.20. The van der Waals surface area contributed by atoms with Crippen molar-refractivity contribution in [3.05, 3.63) is 35.5 Å². The Balaban J connectivity index is 2.39. The Hall–Kier alpha value is -1.62. The van der Waals surface area contributed by atoms with Crippen LogP contribution < -0.4 is 4.72 Å². The number of carbonyl (C=O) groups excluding carboxylic acids is 1. The number of nitrogens with one attached hydrogen (secondary N) is 1. The molecule has 84 valence electrons. The van der Waals surface area contributed by atoms with Crippen LogP contribution in [0.1, 0.15) is 12.5 Å². The first-order valence-corrected chi connectivity index (χ1v) is 5.68. The molecule has 1 aliphatic heterocycles. The number of benzene rings is 1. The molecule has 2 N–H and O–H groups in total. The molecule has 0 amide bonds. The first-order chi connectivity index (χ1) is 7.74. The van der Waals surface area contributed by atoms with E-state index in [0.717, 1.165) is 4.90 Å². The topological polar surface area (TPSA) is 58.6 Å². The molecule has 1 heterocycles. The van der Waals surface area contributed by atoms with Gasteiger partial charge in [-0.05, 0) is 31.0 Å². The number of carbonyl (C=O) groups is 1. The molecule has 0 aliphatic carbocycles. The van der Waals surface area contributed by atoms with E-state index in [0.29, 0.717) is 5.56 Å². The first kappa shape index (κ1) is 10.9. The number of esters is 1. The van der Waals surface area contributed by atoms with E-state index in [1.165, 1.54) is 11.9 Å². The maximum absolute atomic E-state index is 11.5. The van der Waals surface area contributed by atoms with E-state index in [-0.39, 0.29) is 18.1 Å². The van der Waals surface area contributed by atoms with E-state index in [2.05, 4.69) is 4.72 Å². The molecule has 0 bridgehead atoms. The zero-order chi connectivity index (χ0) is 11.5. The summed E-state index contributed by atoms with van der Waals surface area (Å²) in [6, 6.07) is 7.31. The maximum Gasteiger partial charge on any atom is 0.359 e. The number of ether oxygens (including phenoxy) is 1. The van der Waals surface area contributed by atoms with Crippen molar-refractivity contribution < 1.29 is 14.6 Å². The summed E-state index contributed by atoms with van der Waals surface area (Å²) in [4.78, 5) is 12.4. The Bertz CT molecular complexity index is 456. The van der Waals surface area contributed by atoms with Crippen LogP contribution in [0.3, 0.4) is 0 Å². The molecular formula is C11H11NO3S. The van der Waals surface area contributed by atoms with Gasteiger partial charge in [-0.15, -0.1) is 0 Å². The van der Waals surface area contributed by atoms with Crippen LogP contribution in [0.5, 0.6) is 0 Å². The van der Waals surface area contributed by atoms with Crippen LogP contribution in [0.4, 0.5) is 0 Å². The van der Waals surface area contributed by atoms with E-state index >= 15 is 0 Å². The molecule has 1 aromatic carbocycles. The van der Waals surface area contributed by atoms with Crippen molar-refractivity contribution >= 4 is 23.7 Å². The minimum absolute atomic E-state index is 0.0622. The van der Waals surface area contributed by atoms with E-state index in [9.17, 15) is 9.90 Å². The van der Waals surface area contributed by atoms with Gasteiger partial charge in [0, 0.05) is 10.5 Å². The van der Waals surface area contributed by atoms with Gasteiger partial charge in [-0.2, -0.15) is 0 Å². The number of rotatable bonds is 2. The Morgan fingerprint density at radius 1 is 1.50 bits per heavy atom. The lowest BCUT2D eigenvalue weighted by molar-refractivity contribution is -0.138. The van der Waals surface area contributed by atoms with Crippen LogP contribution >= 0.6 is 11.9 Å². The highest BCUT2D eigenvalue weighted by Crippen LogP contribution is 2.32. The predicted octanol–water partition coefficient (Wildman–Crippen LogP) is 2.09. The minimum Gasteiger partial charge on any atom is -0.505 e. The highest BCUT2D eigenvalue weighted by Gasteiger charge is 2.24. The lowest BCUT2D eigenvalue weighted by atomic mass is 10.1. The van der Waals surface area contributed by atoms with Crippen molar-refractivity contribution in [2.75, 3.05) is 6.61 Å². The lowest BCUT2D eigenvalue weighted by Crippen LogP contribution is -2.22. The summed E-state index contributed by atoms with van der Waals surface area (Å²) < 4.78 is 7.62. The van der Waals surface area contributed by atoms with Crippen LogP contribution in [0, 0.1) is 0 Å². The SMILES string of the molecule is CCOC(=O)C1=C(O)c2ccccc2SN1. The maximum atomic E-state index is 11.5. The molecule has 0 unspecified atom stereocenters. The molecule has 0 spiro atoms. The Labute approximate surface area is 97.4 Å². The van der Waals surface area contributed by atoms with Crippen LogP contribution in [0.25, 0.3) is 5.76 Å². The Morgan fingerprint density at radius 2 is 2.25 bits per heavy atom. The fourth-order valence-electron chi connectivity index (χ4n) is 1.38. The highest BCUT2D eigenvalue weighted by molar-refractivity contribution is 7.97. The smallest absolute Gasteiger partial charge is 0.359 e. The second-order valence-corrected chi connectivity index (χ2v) is 3.99. The van der Waals surface area contributed by atoms with Gasteiger partial charge in [0.2, 0.25) is 0 Å². The van der Waals surface area contributed by atoms with E-state index in [1.807, 2.05) is 18.2 Å². The average Bonchev–Trinajstić information content (AvgIpc) is 2.30. The van der Waals surface area contributed by atoms with Crippen LogP contribution in [-0.4, -0.2) is 17.7 Å². The van der Waals surface area contributed by atoms with Gasteiger partial charge in [0.25, 0.3) is 0 Å². The third-order valence-electron chi connectivity index (χ3n) is 2.12. The van der Waals surface area contributed by atoms with Crippen molar-refractivity contribution in [3.63, 3.8) is 0 Å². The fraction of sp³-hybridized carbons (Fsp3) is 0.182. The molecule has 0 radical (unpaired) electrons. The summed E-state index contributed by atoms with van der Waals surface area (Å²) in [6.07, 6.45) is 0. The largest absolute Gasteiger partial charge is 0.505 e. The number of fused-ring (bicyclic) bond motifs is 1. The second-order valence-electron chi connectivity index (χ2n) is 3.14. The lowest BCUT2D eigenvalue weighted by Gasteiger charge is -2.18. The third-order valence-corrected chi connectivity index (χ3v) is 3.00. The van der Waals surface area contributed by atoms with Gasteiger partial charge < -0.3 is 14.6 Å². The summed E-state index contributed by atoms with van der Waals surface area (Å²) in [7, 11) is 0. The van der Waals surface area contributed by atoms with Gasteiger partial charge in [-0.1, -0.05) is 12.1 Å². The molecule has 1 aromatic rings. The monoisotopic (exact) mass is 237 g/mol. The van der Waals surface area contributed by atoms with Crippen LogP contribution in [0.2, 0.25) is 0 Å². The summed E-state index contributed by atoms with van der Waals surface area (Å²) in [5.74, 6) is -0.602. The third kappa shape index (κ3) is 1.86. The predicted molar refractivity (Wildman–Crippen MR) is 61.6 cm³/mol. The first-order valence-electron chi connectivity index (χ1n) is 4.86. The van der Waals surface area contributed by atoms with E-state index < -0.39 is 5.97 Å². The second kappa shape index (κ2) is 4.49. The van der Waals surface area contributed by atoms with Crippen molar-refractivity contribution in [1.82, 2.24) is 4.72 Å². The minimum atomic E-state index is -0.540. The number of hydrogen-bond acceptors (Lipinski definition) is 5. The van der Waals surface area contributed by atoms with Gasteiger partial charge in [-0.25, -0.2) is 4.79 Å². The quantitative estimate of drug-likeness (QED) is 0.609. The molecular weight excluding hydrogens is 226 g/mol. The van der Waals surface area contributed by atoms with Crippen LogP contribution in [0.15, 0.2) is 34.9 Å². The number of aliphatic hydroxyl groups is 1. The van der Waals surface area contributed by atoms with Crippen molar-refractivity contribution in [2.45, 2.75) is 11.8 Å². The van der Waals surface area contributed by atoms with Crippen molar-refractivity contribution in [3.8, 4) is 0 Å². The molecule has 0 fully saturated rings. The zero-order valence-corrected chi connectivity index (χ0v) is 9.50. The van der Waals surface area contributed by atoms with E-state index in [4.69, 9.17) is 4.74 Å². The van der Waals surface area contributed by atoms with Gasteiger partial charge in [0.05, 0.1) is 6.61 Å². The number of aliphatic hydroxyl groups excluding tert-OH is 1. The Morgan fingerprint density at radius 3 is 3.00 bits per heavy atom.